The molecule has 1 rings (SSSR count). The Morgan fingerprint density at radius 3 is 2.80 bits per heavy atom. The Morgan fingerprint density at radius 1 is 1.53 bits per heavy atom. The van der Waals surface area contributed by atoms with E-state index in [2.05, 4.69) is 5.32 Å². The number of methoxy groups -OCH3 is 1. The van der Waals surface area contributed by atoms with E-state index in [0.29, 0.717) is 0 Å². The summed E-state index contributed by atoms with van der Waals surface area (Å²) in [5, 5.41) is 11.7. The summed E-state index contributed by atoms with van der Waals surface area (Å²) < 4.78 is 5.14. The molecule has 0 aliphatic heterocycles. The molecule has 0 saturated heterocycles. The molecule has 0 aliphatic carbocycles. The highest BCUT2D eigenvalue weighted by atomic mass is 16.5. The third-order valence-corrected chi connectivity index (χ3v) is 1.99. The molecule has 1 aromatic carbocycles. The molecule has 0 heterocycles. The van der Waals surface area contributed by atoms with E-state index >= 15 is 0 Å². The zero-order chi connectivity index (χ0) is 11.3. The Balaban J connectivity index is 2.67. The Hall–Kier alpha value is -1.71. The third-order valence-electron chi connectivity index (χ3n) is 1.99. The first-order valence-corrected chi connectivity index (χ1v) is 4.75. The van der Waals surface area contributed by atoms with Crippen LogP contribution in [0.15, 0.2) is 24.3 Å². The van der Waals surface area contributed by atoms with Gasteiger partial charge in [-0.05, 0) is 19.1 Å². The highest BCUT2D eigenvalue weighted by Gasteiger charge is 2.09. The quantitative estimate of drug-likeness (QED) is 0.778. The van der Waals surface area contributed by atoms with Crippen LogP contribution in [0.4, 0.5) is 5.69 Å². The highest BCUT2D eigenvalue weighted by Crippen LogP contribution is 2.23. The smallest absolute Gasteiger partial charge is 0.305 e. The van der Waals surface area contributed by atoms with Crippen LogP contribution in [0, 0.1) is 0 Å². The lowest BCUT2D eigenvalue weighted by Gasteiger charge is -2.15. The number of nitrogens with one attached hydrogen (secondary N) is 1. The molecule has 0 aromatic heterocycles. The summed E-state index contributed by atoms with van der Waals surface area (Å²) >= 11 is 0. The molecule has 82 valence electrons. The molecule has 1 aromatic rings. The molecule has 0 fully saturated rings. The first-order chi connectivity index (χ1) is 7.13. The summed E-state index contributed by atoms with van der Waals surface area (Å²) in [6, 6.07) is 7.30. The van der Waals surface area contributed by atoms with Gasteiger partial charge in [0.15, 0.2) is 0 Å². The maximum absolute atomic E-state index is 10.5. The summed E-state index contributed by atoms with van der Waals surface area (Å²) in [6.45, 7) is 1.82. The number of hydrogen-bond donors (Lipinski definition) is 2. The number of hydrogen-bond acceptors (Lipinski definition) is 3. The van der Waals surface area contributed by atoms with Gasteiger partial charge in [0.25, 0.3) is 0 Å². The molecule has 0 spiro atoms. The predicted octanol–water partition coefficient (Wildman–Crippen LogP) is 1.97. The predicted molar refractivity (Wildman–Crippen MR) is 58.3 cm³/mol. The fraction of sp³-hybridized carbons (Fsp3) is 0.364. The number of carboxylic acids is 1. The van der Waals surface area contributed by atoms with Crippen molar-refractivity contribution >= 4 is 11.7 Å². The summed E-state index contributed by atoms with van der Waals surface area (Å²) in [4.78, 5) is 10.5. The number of carbonyl (C=O) groups is 1. The Kier molecular flexibility index (Phi) is 3.97. The van der Waals surface area contributed by atoms with Gasteiger partial charge in [0.1, 0.15) is 5.75 Å². The molecular formula is C11H15NO3. The van der Waals surface area contributed by atoms with Crippen molar-refractivity contribution < 1.29 is 14.6 Å². The molecule has 4 nitrogen and oxygen atoms in total. The first kappa shape index (κ1) is 11.4. The molecule has 1 atom stereocenters. The van der Waals surface area contributed by atoms with Crippen LogP contribution in [0.2, 0.25) is 0 Å². The van der Waals surface area contributed by atoms with E-state index in [1.165, 1.54) is 0 Å². The number of para-hydroxylation sites is 2. The van der Waals surface area contributed by atoms with Crippen LogP contribution in [0.5, 0.6) is 5.75 Å². The topological polar surface area (TPSA) is 58.6 Å². The van der Waals surface area contributed by atoms with Crippen LogP contribution < -0.4 is 10.1 Å². The number of rotatable bonds is 5. The van der Waals surface area contributed by atoms with Crippen LogP contribution in [0.25, 0.3) is 0 Å². The number of carboxylic acid groups (broad SMARTS) is 1. The van der Waals surface area contributed by atoms with Gasteiger partial charge in [-0.1, -0.05) is 12.1 Å². The number of ether oxygens (including phenoxy) is 1. The van der Waals surface area contributed by atoms with Crippen molar-refractivity contribution in [2.24, 2.45) is 0 Å². The van der Waals surface area contributed by atoms with E-state index in [9.17, 15) is 4.79 Å². The van der Waals surface area contributed by atoms with Crippen molar-refractivity contribution in [3.63, 3.8) is 0 Å². The summed E-state index contributed by atoms with van der Waals surface area (Å²) in [7, 11) is 1.59. The van der Waals surface area contributed by atoms with Crippen LogP contribution >= 0.6 is 0 Å². The lowest BCUT2D eigenvalue weighted by atomic mass is 10.2. The molecule has 0 saturated carbocycles. The van der Waals surface area contributed by atoms with Crippen molar-refractivity contribution in [1.82, 2.24) is 0 Å². The van der Waals surface area contributed by atoms with Gasteiger partial charge >= 0.3 is 5.97 Å². The SMILES string of the molecule is COc1ccccc1NC(C)CC(=O)O. The van der Waals surface area contributed by atoms with Crippen LogP contribution in [-0.4, -0.2) is 24.2 Å². The monoisotopic (exact) mass is 209 g/mol. The van der Waals surface area contributed by atoms with Crippen molar-refractivity contribution in [2.75, 3.05) is 12.4 Å². The number of benzene rings is 1. The maximum Gasteiger partial charge on any atom is 0.305 e. The van der Waals surface area contributed by atoms with Gasteiger partial charge < -0.3 is 15.2 Å². The van der Waals surface area contributed by atoms with E-state index in [-0.39, 0.29) is 12.5 Å². The fourth-order valence-electron chi connectivity index (χ4n) is 1.34. The van der Waals surface area contributed by atoms with Gasteiger partial charge in [-0.15, -0.1) is 0 Å². The average Bonchev–Trinajstić information content (AvgIpc) is 2.17. The fourth-order valence-corrected chi connectivity index (χ4v) is 1.34. The molecule has 4 heteroatoms. The van der Waals surface area contributed by atoms with Gasteiger partial charge in [0, 0.05) is 6.04 Å². The molecule has 0 amide bonds. The zero-order valence-electron chi connectivity index (χ0n) is 8.86. The highest BCUT2D eigenvalue weighted by molar-refractivity contribution is 5.68. The van der Waals surface area contributed by atoms with E-state index in [0.717, 1.165) is 11.4 Å². The second-order valence-electron chi connectivity index (χ2n) is 3.34. The zero-order valence-corrected chi connectivity index (χ0v) is 8.86. The van der Waals surface area contributed by atoms with Gasteiger partial charge in [0.05, 0.1) is 19.2 Å². The van der Waals surface area contributed by atoms with Crippen LogP contribution in [0.1, 0.15) is 13.3 Å². The maximum atomic E-state index is 10.5. The van der Waals surface area contributed by atoms with Crippen LogP contribution in [-0.2, 0) is 4.79 Å². The summed E-state index contributed by atoms with van der Waals surface area (Å²) in [5.74, 6) is -0.0976. The van der Waals surface area contributed by atoms with Gasteiger partial charge in [-0.3, -0.25) is 4.79 Å². The second-order valence-corrected chi connectivity index (χ2v) is 3.34. The molecule has 0 radical (unpaired) electrons. The molecule has 0 bridgehead atoms. The second kappa shape index (κ2) is 5.24. The van der Waals surface area contributed by atoms with Crippen molar-refractivity contribution in [3.05, 3.63) is 24.3 Å². The summed E-state index contributed by atoms with van der Waals surface area (Å²) in [6.07, 6.45) is 0.0814. The normalized spacial score (nSPS) is 11.9. The van der Waals surface area contributed by atoms with Crippen LogP contribution in [0.3, 0.4) is 0 Å². The van der Waals surface area contributed by atoms with Gasteiger partial charge in [0.2, 0.25) is 0 Å². The Labute approximate surface area is 88.9 Å². The van der Waals surface area contributed by atoms with Crippen molar-refractivity contribution in [1.29, 1.82) is 0 Å². The third kappa shape index (κ3) is 3.50. The lowest BCUT2D eigenvalue weighted by Crippen LogP contribution is -2.19. The standard InChI is InChI=1S/C11H15NO3/c1-8(7-11(13)14)12-9-5-3-4-6-10(9)15-2/h3-6,8,12H,7H2,1-2H3,(H,13,14). The minimum atomic E-state index is -0.815. The molecule has 15 heavy (non-hydrogen) atoms. The van der Waals surface area contributed by atoms with Crippen molar-refractivity contribution in [2.45, 2.75) is 19.4 Å². The molecule has 1 unspecified atom stereocenters. The largest absolute Gasteiger partial charge is 0.495 e. The first-order valence-electron chi connectivity index (χ1n) is 4.75. The van der Waals surface area contributed by atoms with E-state index < -0.39 is 5.97 Å². The number of aliphatic carboxylic acids is 1. The number of anilines is 1. The molecule has 0 aliphatic rings. The van der Waals surface area contributed by atoms with E-state index in [4.69, 9.17) is 9.84 Å². The minimum Gasteiger partial charge on any atom is -0.495 e. The average molecular weight is 209 g/mol. The lowest BCUT2D eigenvalue weighted by molar-refractivity contribution is -0.137. The van der Waals surface area contributed by atoms with Gasteiger partial charge in [-0.2, -0.15) is 0 Å². The summed E-state index contributed by atoms with van der Waals surface area (Å²) in [5.41, 5.74) is 0.814. The Morgan fingerprint density at radius 2 is 2.20 bits per heavy atom. The van der Waals surface area contributed by atoms with Gasteiger partial charge in [-0.25, -0.2) is 0 Å². The minimum absolute atomic E-state index is 0.0814. The van der Waals surface area contributed by atoms with Crippen molar-refractivity contribution in [3.8, 4) is 5.75 Å². The molecular weight excluding hydrogens is 194 g/mol. The van der Waals surface area contributed by atoms with E-state index in [1.54, 1.807) is 7.11 Å². The van der Waals surface area contributed by atoms with E-state index in [1.807, 2.05) is 31.2 Å². The molecule has 2 N–H and O–H groups in total. The Bertz CT molecular complexity index is 338.